The van der Waals surface area contributed by atoms with Crippen LogP contribution in [0, 0.1) is 0 Å². The van der Waals surface area contributed by atoms with Crippen molar-refractivity contribution in [1.29, 1.82) is 0 Å². The normalized spacial score (nSPS) is 14.4. The molecule has 1 aromatic heterocycles. The molecule has 2 aromatic rings. The Morgan fingerprint density at radius 2 is 1.95 bits per heavy atom. The summed E-state index contributed by atoms with van der Waals surface area (Å²) in [5, 5.41) is 0. The van der Waals surface area contributed by atoms with Gasteiger partial charge in [0.25, 0.3) is 0 Å². The highest BCUT2D eigenvalue weighted by molar-refractivity contribution is 9.10. The second kappa shape index (κ2) is 4.74. The van der Waals surface area contributed by atoms with Crippen LogP contribution in [0.3, 0.4) is 0 Å². The van der Waals surface area contributed by atoms with Gasteiger partial charge in [0.15, 0.2) is 5.82 Å². The van der Waals surface area contributed by atoms with Crippen molar-refractivity contribution in [3.63, 3.8) is 0 Å². The van der Waals surface area contributed by atoms with Crippen molar-refractivity contribution in [3.8, 4) is 0 Å². The van der Waals surface area contributed by atoms with E-state index in [1.807, 2.05) is 12.1 Å². The van der Waals surface area contributed by atoms with Crippen molar-refractivity contribution in [2.24, 2.45) is 0 Å². The summed E-state index contributed by atoms with van der Waals surface area (Å²) in [7, 11) is 2.11. The summed E-state index contributed by atoms with van der Waals surface area (Å²) < 4.78 is 0.899. The molecule has 5 heteroatoms. The van der Waals surface area contributed by atoms with E-state index < -0.39 is 0 Å². The van der Waals surface area contributed by atoms with Gasteiger partial charge in [-0.25, -0.2) is 4.98 Å². The van der Waals surface area contributed by atoms with Crippen LogP contribution in [-0.4, -0.2) is 25.1 Å². The highest BCUT2D eigenvalue weighted by atomic mass is 79.9. The van der Waals surface area contributed by atoms with Gasteiger partial charge in [0.1, 0.15) is 0 Å². The van der Waals surface area contributed by atoms with Gasteiger partial charge in [0.05, 0.1) is 17.1 Å². The molecule has 0 atom stereocenters. The first-order valence-corrected chi connectivity index (χ1v) is 6.95. The number of nitrogen functional groups attached to an aromatic ring is 1. The molecule has 0 unspecified atom stereocenters. The number of halogens is 1. The summed E-state index contributed by atoms with van der Waals surface area (Å²) in [6, 6.07) is 10.2. The Morgan fingerprint density at radius 1 is 1.21 bits per heavy atom. The number of likely N-dealkylation sites (N-methyl/N-ethyl adjacent to an activating group) is 1. The van der Waals surface area contributed by atoms with E-state index in [1.165, 1.54) is 5.69 Å². The van der Waals surface area contributed by atoms with Crippen molar-refractivity contribution in [2.45, 2.75) is 0 Å². The Morgan fingerprint density at radius 3 is 2.68 bits per heavy atom. The molecule has 0 spiro atoms. The Balaban J connectivity index is 2.09. The lowest BCUT2D eigenvalue weighted by molar-refractivity contribution is 0.814. The van der Waals surface area contributed by atoms with Crippen molar-refractivity contribution in [3.05, 3.63) is 41.0 Å². The van der Waals surface area contributed by atoms with Gasteiger partial charge in [0, 0.05) is 30.8 Å². The maximum absolute atomic E-state index is 6.10. The van der Waals surface area contributed by atoms with E-state index in [1.54, 1.807) is 6.20 Å². The lowest BCUT2D eigenvalue weighted by Crippen LogP contribution is -2.37. The highest BCUT2D eigenvalue weighted by Gasteiger charge is 2.23. The maximum Gasteiger partial charge on any atom is 0.156 e. The van der Waals surface area contributed by atoms with Crippen LogP contribution in [0.25, 0.3) is 0 Å². The topological polar surface area (TPSA) is 45.4 Å². The first-order chi connectivity index (χ1) is 9.16. The Kier molecular flexibility index (Phi) is 3.06. The van der Waals surface area contributed by atoms with E-state index in [0.717, 1.165) is 29.1 Å². The fourth-order valence-corrected chi connectivity index (χ4v) is 2.75. The Hall–Kier alpha value is -1.75. The molecule has 0 aliphatic carbocycles. The van der Waals surface area contributed by atoms with E-state index in [9.17, 15) is 0 Å². The van der Waals surface area contributed by atoms with Crippen LogP contribution in [0.15, 0.2) is 41.0 Å². The van der Waals surface area contributed by atoms with Gasteiger partial charge in [0.2, 0.25) is 0 Å². The summed E-state index contributed by atoms with van der Waals surface area (Å²) in [6.07, 6.45) is 1.78. The average Bonchev–Trinajstić information content (AvgIpc) is 2.41. The van der Waals surface area contributed by atoms with Crippen LogP contribution in [0.2, 0.25) is 0 Å². The molecule has 1 aromatic carbocycles. The molecular weight excluding hydrogens is 304 g/mol. The molecule has 0 fully saturated rings. The SMILES string of the molecule is CN1CCN(c2ncc(Br)cc2N)c2ccccc21. The fraction of sp³-hybridized carbons (Fsp3) is 0.214. The Bertz CT molecular complexity index is 614. The number of pyridine rings is 1. The molecule has 2 N–H and O–H groups in total. The molecular formula is C14H15BrN4. The van der Waals surface area contributed by atoms with E-state index in [-0.39, 0.29) is 0 Å². The number of aromatic nitrogens is 1. The van der Waals surface area contributed by atoms with Crippen molar-refractivity contribution >= 4 is 38.8 Å². The molecule has 0 amide bonds. The van der Waals surface area contributed by atoms with E-state index in [0.29, 0.717) is 5.69 Å². The minimum atomic E-state index is 0.689. The van der Waals surface area contributed by atoms with Gasteiger partial charge < -0.3 is 15.5 Å². The van der Waals surface area contributed by atoms with Crippen molar-refractivity contribution in [2.75, 3.05) is 35.7 Å². The molecule has 98 valence electrons. The van der Waals surface area contributed by atoms with Crippen LogP contribution in [0.5, 0.6) is 0 Å². The standard InChI is InChI=1S/C14H15BrN4/c1-18-6-7-19(13-5-3-2-4-12(13)18)14-11(16)8-10(15)9-17-14/h2-5,8-9H,6-7,16H2,1H3. The van der Waals surface area contributed by atoms with Crippen LogP contribution >= 0.6 is 15.9 Å². The molecule has 0 bridgehead atoms. The smallest absolute Gasteiger partial charge is 0.156 e. The zero-order valence-corrected chi connectivity index (χ0v) is 12.3. The third-order valence-electron chi connectivity index (χ3n) is 3.36. The van der Waals surface area contributed by atoms with Crippen LogP contribution in [-0.2, 0) is 0 Å². The van der Waals surface area contributed by atoms with Crippen LogP contribution < -0.4 is 15.5 Å². The van der Waals surface area contributed by atoms with Crippen molar-refractivity contribution < 1.29 is 0 Å². The molecule has 19 heavy (non-hydrogen) atoms. The Labute approximate surface area is 121 Å². The monoisotopic (exact) mass is 318 g/mol. The lowest BCUT2D eigenvalue weighted by Gasteiger charge is -2.36. The zero-order chi connectivity index (χ0) is 13.4. The minimum Gasteiger partial charge on any atom is -0.396 e. The van der Waals surface area contributed by atoms with Gasteiger partial charge in [-0.05, 0) is 34.1 Å². The summed E-state index contributed by atoms with van der Waals surface area (Å²) in [4.78, 5) is 8.89. The molecule has 0 radical (unpaired) electrons. The highest BCUT2D eigenvalue weighted by Crippen LogP contribution is 2.38. The average molecular weight is 319 g/mol. The van der Waals surface area contributed by atoms with Crippen molar-refractivity contribution in [1.82, 2.24) is 4.98 Å². The fourth-order valence-electron chi connectivity index (χ4n) is 2.40. The predicted octanol–water partition coefficient (Wildman–Crippen LogP) is 3.01. The number of rotatable bonds is 1. The molecule has 2 heterocycles. The molecule has 1 aliphatic rings. The first-order valence-electron chi connectivity index (χ1n) is 6.15. The van der Waals surface area contributed by atoms with Crippen LogP contribution in [0.4, 0.5) is 22.9 Å². The molecule has 0 saturated carbocycles. The van der Waals surface area contributed by atoms with Crippen LogP contribution in [0.1, 0.15) is 0 Å². The number of benzene rings is 1. The second-order valence-electron chi connectivity index (χ2n) is 4.63. The molecule has 0 saturated heterocycles. The summed E-state index contributed by atoms with van der Waals surface area (Å²) in [5.41, 5.74) is 9.14. The third kappa shape index (κ3) is 2.14. The summed E-state index contributed by atoms with van der Waals surface area (Å²) in [5.74, 6) is 0.823. The number of fused-ring (bicyclic) bond motifs is 1. The summed E-state index contributed by atoms with van der Waals surface area (Å²) >= 11 is 3.39. The van der Waals surface area contributed by atoms with Gasteiger partial charge in [-0.3, -0.25) is 0 Å². The quantitative estimate of drug-likeness (QED) is 0.878. The summed E-state index contributed by atoms with van der Waals surface area (Å²) in [6.45, 7) is 1.83. The minimum absolute atomic E-state index is 0.689. The van der Waals surface area contributed by atoms with E-state index >= 15 is 0 Å². The largest absolute Gasteiger partial charge is 0.396 e. The van der Waals surface area contributed by atoms with Gasteiger partial charge >= 0.3 is 0 Å². The number of hydrogen-bond acceptors (Lipinski definition) is 4. The predicted molar refractivity (Wildman–Crippen MR) is 83.1 cm³/mol. The molecule has 1 aliphatic heterocycles. The van der Waals surface area contributed by atoms with Gasteiger partial charge in [-0.15, -0.1) is 0 Å². The maximum atomic E-state index is 6.10. The number of para-hydroxylation sites is 2. The second-order valence-corrected chi connectivity index (χ2v) is 5.54. The molecule has 4 nitrogen and oxygen atoms in total. The van der Waals surface area contributed by atoms with E-state index in [4.69, 9.17) is 5.73 Å². The third-order valence-corrected chi connectivity index (χ3v) is 3.79. The number of nitrogens with zero attached hydrogens (tertiary/aromatic N) is 3. The number of anilines is 4. The zero-order valence-electron chi connectivity index (χ0n) is 10.7. The first kappa shape index (κ1) is 12.3. The van der Waals surface area contributed by atoms with E-state index in [2.05, 4.69) is 56.0 Å². The van der Waals surface area contributed by atoms with Gasteiger partial charge in [-0.2, -0.15) is 0 Å². The van der Waals surface area contributed by atoms with Gasteiger partial charge in [-0.1, -0.05) is 12.1 Å². The molecule has 3 rings (SSSR count). The number of hydrogen-bond donors (Lipinski definition) is 1. The number of nitrogens with two attached hydrogens (primary N) is 1. The lowest BCUT2D eigenvalue weighted by atomic mass is 10.1.